The van der Waals surface area contributed by atoms with E-state index in [-0.39, 0.29) is 5.91 Å². The molecule has 24 heavy (non-hydrogen) atoms. The molecule has 3 N–H and O–H groups in total. The Labute approximate surface area is 140 Å². The number of hydrogen-bond donors (Lipinski definition) is 2. The van der Waals surface area contributed by atoms with Crippen molar-refractivity contribution in [2.45, 2.75) is 13.0 Å². The zero-order valence-electron chi connectivity index (χ0n) is 13.4. The number of aryl methyl sites for hydroxylation is 1. The van der Waals surface area contributed by atoms with E-state index in [9.17, 15) is 9.18 Å². The summed E-state index contributed by atoms with van der Waals surface area (Å²) in [6, 6.07) is 17.9. The van der Waals surface area contributed by atoms with Crippen LogP contribution in [0.1, 0.15) is 27.5 Å². The van der Waals surface area contributed by atoms with E-state index in [0.29, 0.717) is 11.3 Å². The molecule has 3 aromatic carbocycles. The van der Waals surface area contributed by atoms with Crippen molar-refractivity contribution in [1.82, 2.24) is 5.32 Å². The van der Waals surface area contributed by atoms with Crippen molar-refractivity contribution < 1.29 is 9.18 Å². The van der Waals surface area contributed by atoms with Crippen LogP contribution in [0.2, 0.25) is 0 Å². The number of halogens is 1. The largest absolute Gasteiger partial charge is 0.399 e. The van der Waals surface area contributed by atoms with Crippen LogP contribution in [-0.4, -0.2) is 12.6 Å². The summed E-state index contributed by atoms with van der Waals surface area (Å²) >= 11 is 0. The van der Waals surface area contributed by atoms with Crippen molar-refractivity contribution in [2.75, 3.05) is 12.4 Å². The number of nitrogens with one attached hydrogen (secondary N) is 1. The van der Waals surface area contributed by atoms with Crippen LogP contribution in [0.4, 0.5) is 10.1 Å². The molecule has 3 rings (SSSR count). The number of carbonyl (C=O) groups excluding carboxylic acids is 1. The third-order valence-electron chi connectivity index (χ3n) is 4.16. The fourth-order valence-corrected chi connectivity index (χ4v) is 2.87. The number of hydrogen-bond acceptors (Lipinski definition) is 2. The van der Waals surface area contributed by atoms with Crippen LogP contribution >= 0.6 is 0 Å². The zero-order chi connectivity index (χ0) is 17.1. The number of rotatable bonds is 4. The number of nitrogens with two attached hydrogens (primary N) is 1. The number of anilines is 1. The lowest BCUT2D eigenvalue weighted by molar-refractivity contribution is 0.0929. The van der Waals surface area contributed by atoms with Crippen molar-refractivity contribution in [3.05, 3.63) is 77.4 Å². The van der Waals surface area contributed by atoms with Crippen LogP contribution in [-0.2, 0) is 0 Å². The van der Waals surface area contributed by atoms with Gasteiger partial charge in [-0.05, 0) is 41.0 Å². The second-order valence-electron chi connectivity index (χ2n) is 5.82. The molecule has 0 aliphatic rings. The molecule has 1 atom stereocenters. The Hall–Kier alpha value is -2.88. The number of carbonyl (C=O) groups is 1. The fourth-order valence-electron chi connectivity index (χ4n) is 2.87. The van der Waals surface area contributed by atoms with E-state index in [1.165, 1.54) is 0 Å². The highest BCUT2D eigenvalue weighted by atomic mass is 19.1. The van der Waals surface area contributed by atoms with Crippen molar-refractivity contribution in [3.63, 3.8) is 0 Å². The molecule has 1 unspecified atom stereocenters. The van der Waals surface area contributed by atoms with Gasteiger partial charge in [0.25, 0.3) is 5.91 Å². The first-order chi connectivity index (χ1) is 11.6. The lowest BCUT2D eigenvalue weighted by Crippen LogP contribution is -2.30. The van der Waals surface area contributed by atoms with Crippen molar-refractivity contribution in [1.29, 1.82) is 0 Å². The Morgan fingerprint density at radius 2 is 1.88 bits per heavy atom. The summed E-state index contributed by atoms with van der Waals surface area (Å²) in [5.41, 5.74) is 8.31. The molecule has 0 heterocycles. The highest BCUT2D eigenvalue weighted by Crippen LogP contribution is 2.25. The molecule has 0 aliphatic heterocycles. The van der Waals surface area contributed by atoms with E-state index in [4.69, 9.17) is 5.73 Å². The predicted molar refractivity (Wildman–Crippen MR) is 95.7 cm³/mol. The number of fused-ring (bicyclic) bond motifs is 1. The van der Waals surface area contributed by atoms with Crippen LogP contribution < -0.4 is 11.1 Å². The SMILES string of the molecule is Cc1ccc(N)cc1C(=O)NC(CF)c1cccc2ccccc12. The summed E-state index contributed by atoms with van der Waals surface area (Å²) in [4.78, 5) is 12.6. The second kappa shape index (κ2) is 6.71. The summed E-state index contributed by atoms with van der Waals surface area (Å²) in [5, 5.41) is 4.74. The molecule has 0 aromatic heterocycles. The Balaban J connectivity index is 1.94. The predicted octanol–water partition coefficient (Wildman–Crippen LogP) is 4.17. The van der Waals surface area contributed by atoms with Crippen LogP contribution in [0.3, 0.4) is 0 Å². The molecule has 1 amide bonds. The average molecular weight is 322 g/mol. The Morgan fingerprint density at radius 3 is 2.67 bits per heavy atom. The number of amides is 1. The highest BCUT2D eigenvalue weighted by Gasteiger charge is 2.19. The van der Waals surface area contributed by atoms with Crippen LogP contribution in [0.15, 0.2) is 60.7 Å². The van der Waals surface area contributed by atoms with E-state index in [1.807, 2.05) is 49.4 Å². The van der Waals surface area contributed by atoms with Gasteiger partial charge in [0.05, 0.1) is 6.04 Å². The molecule has 4 heteroatoms. The normalized spacial score (nSPS) is 12.1. The summed E-state index contributed by atoms with van der Waals surface area (Å²) in [5.74, 6) is -0.324. The first-order valence-electron chi connectivity index (χ1n) is 7.81. The lowest BCUT2D eigenvalue weighted by atomic mass is 9.98. The maximum Gasteiger partial charge on any atom is 0.252 e. The number of nitrogen functional groups attached to an aromatic ring is 1. The molecule has 0 bridgehead atoms. The third kappa shape index (κ3) is 3.08. The van der Waals surface area contributed by atoms with Gasteiger partial charge in [0.1, 0.15) is 6.67 Å². The minimum atomic E-state index is -0.704. The van der Waals surface area contributed by atoms with E-state index in [2.05, 4.69) is 5.32 Å². The van der Waals surface area contributed by atoms with Gasteiger partial charge >= 0.3 is 0 Å². The molecule has 3 nitrogen and oxygen atoms in total. The molecule has 0 fully saturated rings. The zero-order valence-corrected chi connectivity index (χ0v) is 13.4. The lowest BCUT2D eigenvalue weighted by Gasteiger charge is -2.19. The second-order valence-corrected chi connectivity index (χ2v) is 5.82. The molecule has 0 saturated heterocycles. The highest BCUT2D eigenvalue weighted by molar-refractivity contribution is 5.97. The maximum atomic E-state index is 13.7. The Kier molecular flexibility index (Phi) is 4.47. The van der Waals surface area contributed by atoms with Gasteiger partial charge in [-0.25, -0.2) is 4.39 Å². The van der Waals surface area contributed by atoms with E-state index < -0.39 is 12.7 Å². The minimum absolute atomic E-state index is 0.324. The Morgan fingerprint density at radius 1 is 1.12 bits per heavy atom. The quantitative estimate of drug-likeness (QED) is 0.708. The molecule has 0 spiro atoms. The summed E-state index contributed by atoms with van der Waals surface area (Å²) in [7, 11) is 0. The van der Waals surface area contributed by atoms with Crippen LogP contribution in [0.25, 0.3) is 10.8 Å². The van der Waals surface area contributed by atoms with Gasteiger partial charge in [-0.1, -0.05) is 48.5 Å². The standard InChI is InChI=1S/C20H19FN2O/c1-13-9-10-15(22)11-18(13)20(24)23-19(12-21)17-8-4-6-14-5-2-3-7-16(14)17/h2-11,19H,12,22H2,1H3,(H,23,24). The fraction of sp³-hybridized carbons (Fsp3) is 0.150. The van der Waals surface area contributed by atoms with Crippen molar-refractivity contribution in [3.8, 4) is 0 Å². The maximum absolute atomic E-state index is 13.7. The van der Waals surface area contributed by atoms with Gasteiger partial charge in [-0.3, -0.25) is 4.79 Å². The smallest absolute Gasteiger partial charge is 0.252 e. The molecule has 0 saturated carbocycles. The molecule has 0 radical (unpaired) electrons. The van der Waals surface area contributed by atoms with E-state index in [1.54, 1.807) is 18.2 Å². The van der Waals surface area contributed by atoms with Crippen molar-refractivity contribution >= 4 is 22.4 Å². The molecule has 0 aliphatic carbocycles. The van der Waals surface area contributed by atoms with E-state index >= 15 is 0 Å². The van der Waals surface area contributed by atoms with Crippen molar-refractivity contribution in [2.24, 2.45) is 0 Å². The summed E-state index contributed by atoms with van der Waals surface area (Å²) in [6.07, 6.45) is 0. The molecule has 3 aromatic rings. The van der Waals surface area contributed by atoms with Crippen LogP contribution in [0.5, 0.6) is 0 Å². The topological polar surface area (TPSA) is 55.1 Å². The van der Waals surface area contributed by atoms with Gasteiger partial charge in [0.2, 0.25) is 0 Å². The van der Waals surface area contributed by atoms with Gasteiger partial charge in [0.15, 0.2) is 0 Å². The van der Waals surface area contributed by atoms with Gasteiger partial charge in [-0.2, -0.15) is 0 Å². The molecular formula is C20H19FN2O. The van der Waals surface area contributed by atoms with Gasteiger partial charge in [0, 0.05) is 11.3 Å². The molecule has 122 valence electrons. The monoisotopic (exact) mass is 322 g/mol. The first kappa shape index (κ1) is 16.0. The number of benzene rings is 3. The number of alkyl halides is 1. The average Bonchev–Trinajstić information content (AvgIpc) is 2.61. The van der Waals surface area contributed by atoms with E-state index in [0.717, 1.165) is 21.9 Å². The minimum Gasteiger partial charge on any atom is -0.399 e. The summed E-state index contributed by atoms with van der Waals surface area (Å²) < 4.78 is 13.7. The molecular weight excluding hydrogens is 303 g/mol. The third-order valence-corrected chi connectivity index (χ3v) is 4.16. The Bertz CT molecular complexity index is 886. The van der Waals surface area contributed by atoms with Gasteiger partial charge in [-0.15, -0.1) is 0 Å². The van der Waals surface area contributed by atoms with Crippen LogP contribution in [0, 0.1) is 6.92 Å². The van der Waals surface area contributed by atoms with Gasteiger partial charge < -0.3 is 11.1 Å². The first-order valence-corrected chi connectivity index (χ1v) is 7.81. The summed E-state index contributed by atoms with van der Waals surface area (Å²) in [6.45, 7) is 1.15.